The molecule has 47 heavy (non-hydrogen) atoms. The number of unbranched alkanes of at least 4 members (excludes halogenated alkanes) is 1. The molecule has 0 aromatic heterocycles. The standard InChI is InChI=1S/C36H53N3O7S/c1-9-12-18-36(11-3)21-47(43,44)30-17-16-27(39(7)8)20-28(30)31(33(36)41)25-14-13-15-26(19-25)37-35(42)38-34-32(45-24(6)40)23(5)22(4)29(10-2)46-34/h13-17,19-20,22-23,29,31-34,41H,9-12,18,21H2,1-8H3,(H2,37,38,42)/t22-,23-,29+,31-,32+,33-,34+,36+/m0/s1. The van der Waals surface area contributed by atoms with Crippen molar-refractivity contribution in [2.75, 3.05) is 30.1 Å². The van der Waals surface area contributed by atoms with Crippen LogP contribution in [0, 0.1) is 17.3 Å². The maximum absolute atomic E-state index is 14.0. The molecule has 0 bridgehead atoms. The van der Waals surface area contributed by atoms with E-state index in [-0.39, 0.29) is 28.6 Å². The first kappa shape index (κ1) is 36.7. The molecule has 1 saturated heterocycles. The van der Waals surface area contributed by atoms with Gasteiger partial charge in [0, 0.05) is 49.6 Å². The van der Waals surface area contributed by atoms with Crippen LogP contribution in [-0.4, -0.2) is 69.9 Å². The van der Waals surface area contributed by atoms with Crippen molar-refractivity contribution in [3.63, 3.8) is 0 Å². The van der Waals surface area contributed by atoms with Crippen LogP contribution >= 0.6 is 0 Å². The van der Waals surface area contributed by atoms with Gasteiger partial charge in [-0.1, -0.05) is 59.6 Å². The fourth-order valence-corrected chi connectivity index (χ4v) is 9.61. The minimum atomic E-state index is -3.73. The lowest BCUT2D eigenvalue weighted by Gasteiger charge is -2.44. The highest BCUT2D eigenvalue weighted by Crippen LogP contribution is 2.49. The minimum Gasteiger partial charge on any atom is -0.457 e. The van der Waals surface area contributed by atoms with Crippen molar-refractivity contribution < 1.29 is 32.6 Å². The molecule has 10 nitrogen and oxygen atoms in total. The molecule has 2 aromatic rings. The third-order valence-corrected chi connectivity index (χ3v) is 12.4. The van der Waals surface area contributed by atoms with E-state index in [9.17, 15) is 23.1 Å². The molecule has 2 aromatic carbocycles. The lowest BCUT2D eigenvalue weighted by atomic mass is 9.69. The number of nitrogens with one attached hydrogen (secondary N) is 2. The summed E-state index contributed by atoms with van der Waals surface area (Å²) in [7, 11) is 0.0605. The smallest absolute Gasteiger partial charge is 0.321 e. The Bertz CT molecular complexity index is 1530. The van der Waals surface area contributed by atoms with E-state index in [4.69, 9.17) is 9.47 Å². The highest BCUT2D eigenvalue weighted by molar-refractivity contribution is 7.91. The molecular weight excluding hydrogens is 618 g/mol. The summed E-state index contributed by atoms with van der Waals surface area (Å²) >= 11 is 0. The summed E-state index contributed by atoms with van der Waals surface area (Å²) in [4.78, 5) is 27.5. The van der Waals surface area contributed by atoms with Crippen molar-refractivity contribution in [2.45, 2.75) is 109 Å². The molecule has 11 heteroatoms. The number of nitrogens with zero attached hydrogens (tertiary/aromatic N) is 1. The molecule has 2 aliphatic heterocycles. The van der Waals surface area contributed by atoms with E-state index in [0.29, 0.717) is 29.7 Å². The van der Waals surface area contributed by atoms with E-state index >= 15 is 0 Å². The zero-order valence-electron chi connectivity index (χ0n) is 29.1. The molecule has 2 heterocycles. The Morgan fingerprint density at radius 3 is 2.43 bits per heavy atom. The summed E-state index contributed by atoms with van der Waals surface area (Å²) in [5.41, 5.74) is 1.68. The number of sulfone groups is 1. The maximum Gasteiger partial charge on any atom is 0.321 e. The van der Waals surface area contributed by atoms with Crippen molar-refractivity contribution in [3.05, 3.63) is 53.6 Å². The lowest BCUT2D eigenvalue weighted by molar-refractivity contribution is -0.198. The second-order valence-electron chi connectivity index (χ2n) is 13.6. The molecule has 1 fully saturated rings. The van der Waals surface area contributed by atoms with Crippen molar-refractivity contribution in [1.82, 2.24) is 5.32 Å². The summed E-state index contributed by atoms with van der Waals surface area (Å²) in [6.07, 6.45) is 0.890. The van der Waals surface area contributed by atoms with Gasteiger partial charge < -0.3 is 30.1 Å². The number of ether oxygens (including phenoxy) is 2. The predicted molar refractivity (Wildman–Crippen MR) is 184 cm³/mol. The van der Waals surface area contributed by atoms with Crippen LogP contribution in [0.25, 0.3) is 0 Å². The molecule has 260 valence electrons. The van der Waals surface area contributed by atoms with Gasteiger partial charge in [-0.05, 0) is 66.6 Å². The Labute approximate surface area is 280 Å². The molecule has 0 radical (unpaired) electrons. The monoisotopic (exact) mass is 671 g/mol. The summed E-state index contributed by atoms with van der Waals surface area (Å²) in [5, 5.41) is 18.1. The van der Waals surface area contributed by atoms with Crippen molar-refractivity contribution >= 4 is 33.2 Å². The van der Waals surface area contributed by atoms with E-state index in [0.717, 1.165) is 24.9 Å². The number of aliphatic hydroxyl groups is 1. The van der Waals surface area contributed by atoms with E-state index in [1.807, 2.05) is 51.9 Å². The number of hydrogen-bond acceptors (Lipinski definition) is 8. The van der Waals surface area contributed by atoms with Crippen LogP contribution < -0.4 is 15.5 Å². The number of fused-ring (bicyclic) bond motifs is 1. The lowest BCUT2D eigenvalue weighted by Crippen LogP contribution is -2.58. The average molecular weight is 672 g/mol. The van der Waals surface area contributed by atoms with Gasteiger partial charge in [0.25, 0.3) is 0 Å². The molecule has 3 N–H and O–H groups in total. The summed E-state index contributed by atoms with van der Waals surface area (Å²) in [5.74, 6) is -1.16. The van der Waals surface area contributed by atoms with Crippen molar-refractivity contribution in [1.29, 1.82) is 0 Å². The summed E-state index contributed by atoms with van der Waals surface area (Å²) in [6.45, 7) is 11.4. The fourth-order valence-electron chi connectivity index (χ4n) is 7.36. The molecule has 0 aliphatic carbocycles. The van der Waals surface area contributed by atoms with Gasteiger partial charge in [0.1, 0.15) is 6.10 Å². The van der Waals surface area contributed by atoms with Crippen LogP contribution in [0.4, 0.5) is 16.2 Å². The number of esters is 1. The summed E-state index contributed by atoms with van der Waals surface area (Å²) in [6, 6.07) is 12.0. The molecule has 0 spiro atoms. The first-order chi connectivity index (χ1) is 22.2. The number of aliphatic hydroxyl groups excluding tert-OH is 1. The minimum absolute atomic E-state index is 0.0436. The average Bonchev–Trinajstić information content (AvgIpc) is 3.09. The number of carbonyl (C=O) groups excluding carboxylic acids is 2. The van der Waals surface area contributed by atoms with Crippen LogP contribution in [0.5, 0.6) is 0 Å². The molecule has 2 amide bonds. The zero-order chi connectivity index (χ0) is 34.7. The molecule has 0 unspecified atom stereocenters. The van der Waals surface area contributed by atoms with Gasteiger partial charge in [-0.15, -0.1) is 0 Å². The highest BCUT2D eigenvalue weighted by atomic mass is 32.2. The van der Waals surface area contributed by atoms with Gasteiger partial charge in [0.15, 0.2) is 16.1 Å². The largest absolute Gasteiger partial charge is 0.457 e. The number of carbonyl (C=O) groups is 2. The Balaban J connectivity index is 1.72. The van der Waals surface area contributed by atoms with Gasteiger partial charge in [-0.25, -0.2) is 13.2 Å². The third-order valence-electron chi connectivity index (χ3n) is 10.4. The van der Waals surface area contributed by atoms with Crippen molar-refractivity contribution in [2.24, 2.45) is 17.3 Å². The number of urea groups is 1. The van der Waals surface area contributed by atoms with Gasteiger partial charge >= 0.3 is 12.0 Å². The second-order valence-corrected chi connectivity index (χ2v) is 15.6. The van der Waals surface area contributed by atoms with Crippen LogP contribution in [0.15, 0.2) is 47.4 Å². The van der Waals surface area contributed by atoms with Gasteiger partial charge in [0.05, 0.1) is 22.9 Å². The van der Waals surface area contributed by atoms with Gasteiger partial charge in [-0.3, -0.25) is 4.79 Å². The Morgan fingerprint density at radius 2 is 1.81 bits per heavy atom. The Morgan fingerprint density at radius 1 is 1.09 bits per heavy atom. The fraction of sp³-hybridized carbons (Fsp3) is 0.611. The topological polar surface area (TPSA) is 134 Å². The number of rotatable bonds is 10. The third kappa shape index (κ3) is 7.78. The first-order valence-corrected chi connectivity index (χ1v) is 18.5. The maximum atomic E-state index is 14.0. The molecule has 0 saturated carbocycles. The second kappa shape index (κ2) is 15.0. The van der Waals surface area contributed by atoms with Gasteiger partial charge in [-0.2, -0.15) is 0 Å². The number of amides is 2. The van der Waals surface area contributed by atoms with Crippen LogP contribution in [0.1, 0.15) is 90.7 Å². The highest BCUT2D eigenvalue weighted by Gasteiger charge is 2.49. The van der Waals surface area contributed by atoms with Crippen LogP contribution in [0.3, 0.4) is 0 Å². The quantitative estimate of drug-likeness (QED) is 0.259. The van der Waals surface area contributed by atoms with E-state index in [1.165, 1.54) is 6.92 Å². The van der Waals surface area contributed by atoms with E-state index < -0.39 is 51.6 Å². The molecule has 8 atom stereocenters. The number of anilines is 2. The van der Waals surface area contributed by atoms with Crippen LogP contribution in [-0.2, 0) is 24.1 Å². The van der Waals surface area contributed by atoms with E-state index in [1.54, 1.807) is 30.3 Å². The normalized spacial score (nSPS) is 30.0. The van der Waals surface area contributed by atoms with Crippen LogP contribution in [0.2, 0.25) is 0 Å². The van der Waals surface area contributed by atoms with E-state index in [2.05, 4.69) is 24.5 Å². The predicted octanol–water partition coefficient (Wildman–Crippen LogP) is 6.08. The number of hydrogen-bond donors (Lipinski definition) is 3. The SMILES string of the molecule is CCCC[C@]1(CC)CS(=O)(=O)c2ccc(N(C)C)cc2[C@H](c2cccc(NC(=O)N[C@@H]3O[C@H](CC)[C@@H](C)[C@H](C)[C@H]3OC(C)=O)c2)[C@@H]1O. The first-order valence-electron chi connectivity index (χ1n) is 16.9. The van der Waals surface area contributed by atoms with Crippen molar-refractivity contribution in [3.8, 4) is 0 Å². The Kier molecular flexibility index (Phi) is 11.7. The zero-order valence-corrected chi connectivity index (χ0v) is 29.9. The summed E-state index contributed by atoms with van der Waals surface area (Å²) < 4.78 is 39.8. The molecule has 4 rings (SSSR count). The Hall–Kier alpha value is -3.15. The molecule has 2 aliphatic rings. The number of benzene rings is 2. The van der Waals surface area contributed by atoms with Gasteiger partial charge in [0.2, 0.25) is 0 Å². The molecular formula is C36H53N3O7S.